The minimum absolute atomic E-state index is 0.0811. The van der Waals surface area contributed by atoms with Crippen molar-refractivity contribution in [2.75, 3.05) is 16.8 Å². The molecule has 1 heterocycles. The Balaban J connectivity index is 1.58. The van der Waals surface area contributed by atoms with Crippen LogP contribution in [0.5, 0.6) is 0 Å². The zero-order valence-corrected chi connectivity index (χ0v) is 16.7. The molecule has 0 unspecified atom stereocenters. The summed E-state index contributed by atoms with van der Waals surface area (Å²) in [7, 11) is 0. The highest BCUT2D eigenvalue weighted by Gasteiger charge is 2.30. The standard InChI is InChI=1S/C23H18F2N2O2S/c24-16-10-11-18(17(25)12-16)26-22(28)14-27-19-8-4-5-9-20(19)30-21(13-23(27)29)15-6-2-1-3-7-15/h1-12,21H,13-14H2,(H,26,28)/t21-/m1/s1. The molecule has 0 bridgehead atoms. The Morgan fingerprint density at radius 1 is 1.03 bits per heavy atom. The molecule has 0 aliphatic carbocycles. The van der Waals surface area contributed by atoms with Crippen molar-refractivity contribution in [3.05, 3.63) is 90.0 Å². The molecule has 3 aromatic rings. The average Bonchev–Trinajstić information content (AvgIpc) is 2.88. The van der Waals surface area contributed by atoms with Gasteiger partial charge in [0.15, 0.2) is 0 Å². The second-order valence-electron chi connectivity index (χ2n) is 6.84. The highest BCUT2D eigenvalue weighted by molar-refractivity contribution is 7.99. The van der Waals surface area contributed by atoms with Crippen LogP contribution in [0, 0.1) is 11.6 Å². The van der Waals surface area contributed by atoms with Crippen molar-refractivity contribution in [3.63, 3.8) is 0 Å². The number of hydrogen-bond acceptors (Lipinski definition) is 3. The van der Waals surface area contributed by atoms with Crippen molar-refractivity contribution in [3.8, 4) is 0 Å². The summed E-state index contributed by atoms with van der Waals surface area (Å²) < 4.78 is 27.0. The van der Waals surface area contributed by atoms with Gasteiger partial charge in [-0.05, 0) is 29.8 Å². The summed E-state index contributed by atoms with van der Waals surface area (Å²) >= 11 is 1.58. The van der Waals surface area contributed by atoms with Crippen molar-refractivity contribution in [1.29, 1.82) is 0 Å². The fourth-order valence-electron chi connectivity index (χ4n) is 3.33. The molecule has 4 rings (SSSR count). The quantitative estimate of drug-likeness (QED) is 0.628. The zero-order chi connectivity index (χ0) is 21.1. The van der Waals surface area contributed by atoms with Crippen LogP contribution >= 0.6 is 11.8 Å². The summed E-state index contributed by atoms with van der Waals surface area (Å²) in [6, 6.07) is 20.1. The Morgan fingerprint density at radius 3 is 2.53 bits per heavy atom. The van der Waals surface area contributed by atoms with Crippen molar-refractivity contribution >= 4 is 35.0 Å². The van der Waals surface area contributed by atoms with E-state index >= 15 is 0 Å². The third-order valence-electron chi connectivity index (χ3n) is 4.76. The third kappa shape index (κ3) is 4.36. The first-order valence-electron chi connectivity index (χ1n) is 9.37. The second kappa shape index (κ2) is 8.67. The fraction of sp³-hybridized carbons (Fsp3) is 0.130. The molecule has 0 spiro atoms. The van der Waals surface area contributed by atoms with E-state index in [2.05, 4.69) is 5.32 Å². The molecule has 1 aliphatic rings. The lowest BCUT2D eigenvalue weighted by Crippen LogP contribution is -2.38. The first-order valence-corrected chi connectivity index (χ1v) is 10.2. The average molecular weight is 424 g/mol. The van der Waals surface area contributed by atoms with Crippen molar-refractivity contribution < 1.29 is 18.4 Å². The molecular weight excluding hydrogens is 406 g/mol. The van der Waals surface area contributed by atoms with Gasteiger partial charge in [0.05, 0.1) is 11.4 Å². The maximum Gasteiger partial charge on any atom is 0.244 e. The van der Waals surface area contributed by atoms with E-state index < -0.39 is 17.5 Å². The third-order valence-corrected chi connectivity index (χ3v) is 6.09. The number of nitrogens with one attached hydrogen (secondary N) is 1. The van der Waals surface area contributed by atoms with Crippen molar-refractivity contribution in [1.82, 2.24) is 0 Å². The Labute approximate surface area is 176 Å². The monoisotopic (exact) mass is 424 g/mol. The highest BCUT2D eigenvalue weighted by atomic mass is 32.2. The normalized spacial score (nSPS) is 16.0. The van der Waals surface area contributed by atoms with Crippen LogP contribution in [-0.2, 0) is 9.59 Å². The fourth-order valence-corrected chi connectivity index (χ4v) is 4.61. The van der Waals surface area contributed by atoms with E-state index in [1.165, 1.54) is 4.90 Å². The lowest BCUT2D eigenvalue weighted by molar-refractivity contribution is -0.121. The van der Waals surface area contributed by atoms with E-state index in [4.69, 9.17) is 0 Å². The number of benzene rings is 3. The van der Waals surface area contributed by atoms with Gasteiger partial charge in [0.25, 0.3) is 0 Å². The van der Waals surface area contributed by atoms with Crippen LogP contribution < -0.4 is 10.2 Å². The molecule has 1 atom stereocenters. The van der Waals surface area contributed by atoms with Gasteiger partial charge in [-0.3, -0.25) is 9.59 Å². The number of anilines is 2. The van der Waals surface area contributed by atoms with Gasteiger partial charge in [0, 0.05) is 22.6 Å². The summed E-state index contributed by atoms with van der Waals surface area (Å²) in [4.78, 5) is 27.9. The van der Waals surface area contributed by atoms with E-state index in [-0.39, 0.29) is 29.8 Å². The van der Waals surface area contributed by atoms with Gasteiger partial charge in [-0.15, -0.1) is 11.8 Å². The summed E-state index contributed by atoms with van der Waals surface area (Å²) in [5.41, 5.74) is 1.54. The number of amides is 2. The molecule has 0 fully saturated rings. The largest absolute Gasteiger partial charge is 0.322 e. The first kappa shape index (κ1) is 20.1. The van der Waals surface area contributed by atoms with Gasteiger partial charge < -0.3 is 10.2 Å². The first-order chi connectivity index (χ1) is 14.5. The van der Waals surface area contributed by atoms with Gasteiger partial charge in [-0.25, -0.2) is 8.78 Å². The van der Waals surface area contributed by atoms with Crippen LogP contribution in [0.15, 0.2) is 77.7 Å². The van der Waals surface area contributed by atoms with Crippen molar-refractivity contribution in [2.45, 2.75) is 16.6 Å². The van der Waals surface area contributed by atoms with Crippen LogP contribution in [0.3, 0.4) is 0 Å². The number of hydrogen-bond donors (Lipinski definition) is 1. The maximum atomic E-state index is 13.9. The van der Waals surface area contributed by atoms with Gasteiger partial charge in [-0.1, -0.05) is 42.5 Å². The van der Waals surface area contributed by atoms with Crippen LogP contribution in [0.1, 0.15) is 17.2 Å². The Morgan fingerprint density at radius 2 is 1.77 bits per heavy atom. The highest BCUT2D eigenvalue weighted by Crippen LogP contribution is 2.45. The molecular formula is C23H18F2N2O2S. The number of rotatable bonds is 4. The molecule has 7 heteroatoms. The second-order valence-corrected chi connectivity index (χ2v) is 8.09. The Bertz CT molecular complexity index is 1090. The molecule has 1 aliphatic heterocycles. The predicted octanol–water partition coefficient (Wildman–Crippen LogP) is 5.17. The molecule has 0 radical (unpaired) electrons. The van der Waals surface area contributed by atoms with Crippen LogP contribution in [0.4, 0.5) is 20.2 Å². The van der Waals surface area contributed by atoms with E-state index in [1.807, 2.05) is 42.5 Å². The topological polar surface area (TPSA) is 49.4 Å². The molecule has 0 aromatic heterocycles. The molecule has 152 valence electrons. The van der Waals surface area contributed by atoms with Gasteiger partial charge >= 0.3 is 0 Å². The molecule has 4 nitrogen and oxygen atoms in total. The summed E-state index contributed by atoms with van der Waals surface area (Å²) in [5, 5.41) is 2.34. The molecule has 0 saturated heterocycles. The lowest BCUT2D eigenvalue weighted by Gasteiger charge is -2.22. The molecule has 0 saturated carbocycles. The minimum atomic E-state index is -0.870. The summed E-state index contributed by atoms with van der Waals surface area (Å²) in [6.07, 6.45) is 0.224. The molecule has 1 N–H and O–H groups in total. The maximum absolute atomic E-state index is 13.9. The summed E-state index contributed by atoms with van der Waals surface area (Å²) in [5.74, 6) is -2.36. The number of carbonyl (C=O) groups excluding carboxylic acids is 2. The van der Waals surface area contributed by atoms with Crippen LogP contribution in [0.2, 0.25) is 0 Å². The number of carbonyl (C=O) groups is 2. The zero-order valence-electron chi connectivity index (χ0n) is 15.8. The number of para-hydroxylation sites is 1. The van der Waals surface area contributed by atoms with Crippen LogP contribution in [-0.4, -0.2) is 18.4 Å². The SMILES string of the molecule is O=C(CN1C(=O)C[C@H](c2ccccc2)Sc2ccccc21)Nc1ccc(F)cc1F. The van der Waals surface area contributed by atoms with Gasteiger partial charge in [0.2, 0.25) is 11.8 Å². The lowest BCUT2D eigenvalue weighted by atomic mass is 10.1. The molecule has 30 heavy (non-hydrogen) atoms. The van der Waals surface area contributed by atoms with Crippen molar-refractivity contribution in [2.24, 2.45) is 0 Å². The number of halogens is 2. The number of fused-ring (bicyclic) bond motifs is 1. The predicted molar refractivity (Wildman–Crippen MR) is 113 cm³/mol. The van der Waals surface area contributed by atoms with Gasteiger partial charge in [0.1, 0.15) is 18.2 Å². The van der Waals surface area contributed by atoms with E-state index in [9.17, 15) is 18.4 Å². The van der Waals surface area contributed by atoms with E-state index in [0.717, 1.165) is 22.6 Å². The summed E-state index contributed by atoms with van der Waals surface area (Å²) in [6.45, 7) is -0.269. The molecule has 3 aromatic carbocycles. The van der Waals surface area contributed by atoms with E-state index in [0.29, 0.717) is 11.8 Å². The Kier molecular flexibility index (Phi) is 5.81. The molecule has 2 amide bonds. The van der Waals surface area contributed by atoms with E-state index in [1.54, 1.807) is 23.9 Å². The Hall–Kier alpha value is -3.19. The smallest absolute Gasteiger partial charge is 0.244 e. The van der Waals surface area contributed by atoms with Gasteiger partial charge in [-0.2, -0.15) is 0 Å². The minimum Gasteiger partial charge on any atom is -0.322 e. The number of thioether (sulfide) groups is 1. The number of nitrogens with zero attached hydrogens (tertiary/aromatic N) is 1. The van der Waals surface area contributed by atoms with Crippen LogP contribution in [0.25, 0.3) is 0 Å².